The molecular formula is C22H30O4. The summed E-state index contributed by atoms with van der Waals surface area (Å²) in [6, 6.07) is 0. The Morgan fingerprint density at radius 1 is 1.04 bits per heavy atom. The van der Waals surface area contributed by atoms with Crippen LogP contribution < -0.4 is 0 Å². The number of aliphatic hydroxyl groups is 1. The van der Waals surface area contributed by atoms with Gasteiger partial charge < -0.3 is 5.11 Å². The number of Topliss-reactive ketones (excluding diaryl/α,β-unsaturated/α-hetero) is 2. The zero-order valence-corrected chi connectivity index (χ0v) is 16.1. The first-order valence-electron chi connectivity index (χ1n) is 10.1. The molecule has 0 unspecified atom stereocenters. The van der Waals surface area contributed by atoms with Gasteiger partial charge in [-0.3, -0.25) is 14.4 Å². The Morgan fingerprint density at radius 2 is 1.73 bits per heavy atom. The molecule has 3 saturated carbocycles. The van der Waals surface area contributed by atoms with Crippen LogP contribution in [0.15, 0.2) is 11.6 Å². The lowest BCUT2D eigenvalue weighted by Crippen LogP contribution is -2.58. The van der Waals surface area contributed by atoms with Crippen molar-refractivity contribution in [1.29, 1.82) is 0 Å². The zero-order chi connectivity index (χ0) is 18.9. The Labute approximate surface area is 155 Å². The molecule has 0 amide bonds. The number of fused-ring (bicyclic) bond motifs is 5. The fraction of sp³-hybridized carbons (Fsp3) is 0.773. The van der Waals surface area contributed by atoms with E-state index in [0.717, 1.165) is 38.5 Å². The summed E-state index contributed by atoms with van der Waals surface area (Å²) in [5.74, 6) is 0.417. The maximum Gasteiger partial charge on any atom is 0.230 e. The molecule has 0 heterocycles. The highest BCUT2D eigenvalue weighted by Gasteiger charge is 2.66. The van der Waals surface area contributed by atoms with E-state index in [1.807, 2.05) is 13.0 Å². The molecule has 4 aliphatic rings. The molecule has 142 valence electrons. The van der Waals surface area contributed by atoms with Crippen molar-refractivity contribution in [1.82, 2.24) is 0 Å². The second-order valence-electron chi connectivity index (χ2n) is 9.71. The molecule has 3 fully saturated rings. The summed E-state index contributed by atoms with van der Waals surface area (Å²) in [6.45, 7) is 5.65. The molecule has 4 heteroatoms. The van der Waals surface area contributed by atoms with Gasteiger partial charge in [0, 0.05) is 18.8 Å². The Kier molecular flexibility index (Phi) is 3.90. The summed E-state index contributed by atoms with van der Waals surface area (Å²) in [5, 5.41) is 11.3. The summed E-state index contributed by atoms with van der Waals surface area (Å²) in [6.07, 6.45) is 8.43. The average Bonchev–Trinajstić information content (AvgIpc) is 2.87. The van der Waals surface area contributed by atoms with E-state index >= 15 is 0 Å². The van der Waals surface area contributed by atoms with E-state index < -0.39 is 22.6 Å². The van der Waals surface area contributed by atoms with Crippen molar-refractivity contribution in [3.05, 3.63) is 11.6 Å². The summed E-state index contributed by atoms with van der Waals surface area (Å²) in [7, 11) is 0. The van der Waals surface area contributed by atoms with Crippen molar-refractivity contribution < 1.29 is 19.5 Å². The second-order valence-corrected chi connectivity index (χ2v) is 9.71. The van der Waals surface area contributed by atoms with Crippen LogP contribution in [0, 0.1) is 28.6 Å². The number of hydrogen-bond acceptors (Lipinski definition) is 4. The third kappa shape index (κ3) is 2.14. The van der Waals surface area contributed by atoms with Crippen LogP contribution in [-0.2, 0) is 14.4 Å². The molecule has 4 rings (SSSR count). The molecule has 0 spiro atoms. The maximum absolute atomic E-state index is 12.6. The molecule has 4 aliphatic carbocycles. The number of carbonyl (C=O) groups excluding carboxylic acids is 3. The van der Waals surface area contributed by atoms with Gasteiger partial charge in [-0.05, 0) is 74.2 Å². The van der Waals surface area contributed by atoms with Gasteiger partial charge in [-0.25, -0.2) is 0 Å². The number of rotatable bonds is 2. The minimum Gasteiger partial charge on any atom is -0.381 e. The van der Waals surface area contributed by atoms with Crippen molar-refractivity contribution in [2.24, 2.45) is 28.6 Å². The van der Waals surface area contributed by atoms with Gasteiger partial charge in [0.15, 0.2) is 11.6 Å². The predicted octanol–water partition coefficient (Wildman–Crippen LogP) is 3.41. The summed E-state index contributed by atoms with van der Waals surface area (Å²) >= 11 is 0. The first-order valence-corrected chi connectivity index (χ1v) is 10.1. The van der Waals surface area contributed by atoms with E-state index in [2.05, 4.69) is 6.92 Å². The summed E-state index contributed by atoms with van der Waals surface area (Å²) in [4.78, 5) is 36.2. The molecule has 0 aromatic heterocycles. The molecule has 6 atom stereocenters. The van der Waals surface area contributed by atoms with Crippen molar-refractivity contribution in [3.63, 3.8) is 0 Å². The van der Waals surface area contributed by atoms with E-state index in [9.17, 15) is 19.5 Å². The molecule has 4 nitrogen and oxygen atoms in total. The lowest BCUT2D eigenvalue weighted by molar-refractivity contribution is -0.166. The van der Waals surface area contributed by atoms with Crippen molar-refractivity contribution in [2.75, 3.05) is 0 Å². The second kappa shape index (κ2) is 5.60. The van der Waals surface area contributed by atoms with Crippen LogP contribution in [0.25, 0.3) is 0 Å². The van der Waals surface area contributed by atoms with E-state index in [-0.39, 0.29) is 17.1 Å². The number of allylic oxidation sites excluding steroid dienone is 1. The lowest BCUT2D eigenvalue weighted by Gasteiger charge is -2.58. The minimum atomic E-state index is -1.49. The Balaban J connectivity index is 1.69. The monoisotopic (exact) mass is 358 g/mol. The van der Waals surface area contributed by atoms with Gasteiger partial charge in [0.05, 0.1) is 0 Å². The molecule has 0 radical (unpaired) electrons. The van der Waals surface area contributed by atoms with E-state index in [0.29, 0.717) is 24.7 Å². The van der Waals surface area contributed by atoms with Gasteiger partial charge in [0.2, 0.25) is 5.78 Å². The average molecular weight is 358 g/mol. The highest BCUT2D eigenvalue weighted by molar-refractivity contribution is 6.39. The zero-order valence-electron chi connectivity index (χ0n) is 16.1. The molecule has 1 N–H and O–H groups in total. The fourth-order valence-electron chi connectivity index (χ4n) is 7.24. The Bertz CT molecular complexity index is 722. The van der Waals surface area contributed by atoms with Crippen LogP contribution in [0.5, 0.6) is 0 Å². The Morgan fingerprint density at radius 3 is 2.42 bits per heavy atom. The quantitative estimate of drug-likeness (QED) is 0.768. The fourth-order valence-corrected chi connectivity index (χ4v) is 7.24. The van der Waals surface area contributed by atoms with Crippen LogP contribution in [-0.4, -0.2) is 28.1 Å². The minimum absolute atomic E-state index is 0.0868. The normalized spacial score (nSPS) is 47.5. The largest absolute Gasteiger partial charge is 0.381 e. The maximum atomic E-state index is 12.6. The molecule has 0 saturated heterocycles. The van der Waals surface area contributed by atoms with Gasteiger partial charge in [0.1, 0.15) is 5.60 Å². The molecule has 0 aliphatic heterocycles. The molecule has 0 aromatic carbocycles. The van der Waals surface area contributed by atoms with Crippen LogP contribution in [0.3, 0.4) is 0 Å². The standard InChI is InChI=1S/C22H30O4/c1-13(23)19(25)22(26)11-8-18-16-5-4-14-12-15(24)6-9-20(14,2)17(16)7-10-21(18,22)3/h12,16-18,26H,4-11H2,1-3H3/t16-,17+,18+,20+,21+,22+/m1/s1. The summed E-state index contributed by atoms with van der Waals surface area (Å²) < 4.78 is 0. The van der Waals surface area contributed by atoms with Crippen LogP contribution >= 0.6 is 0 Å². The number of ketones is 3. The van der Waals surface area contributed by atoms with E-state index in [1.165, 1.54) is 12.5 Å². The highest BCUT2D eigenvalue weighted by atomic mass is 16.3. The molecule has 26 heavy (non-hydrogen) atoms. The summed E-state index contributed by atoms with van der Waals surface area (Å²) in [5.41, 5.74) is -0.581. The molecular weight excluding hydrogens is 328 g/mol. The highest BCUT2D eigenvalue weighted by Crippen LogP contribution is 2.67. The van der Waals surface area contributed by atoms with E-state index in [4.69, 9.17) is 0 Å². The van der Waals surface area contributed by atoms with Gasteiger partial charge in [-0.15, -0.1) is 0 Å². The van der Waals surface area contributed by atoms with Gasteiger partial charge in [-0.1, -0.05) is 19.4 Å². The smallest absolute Gasteiger partial charge is 0.230 e. The third-order valence-corrected chi connectivity index (χ3v) is 8.81. The molecule has 0 bridgehead atoms. The van der Waals surface area contributed by atoms with Gasteiger partial charge >= 0.3 is 0 Å². The van der Waals surface area contributed by atoms with E-state index in [1.54, 1.807) is 0 Å². The van der Waals surface area contributed by atoms with Gasteiger partial charge in [0.25, 0.3) is 0 Å². The number of carbonyl (C=O) groups is 3. The Hall–Kier alpha value is -1.29. The van der Waals surface area contributed by atoms with Crippen molar-refractivity contribution in [2.45, 2.75) is 77.7 Å². The first kappa shape index (κ1) is 18.1. The van der Waals surface area contributed by atoms with Crippen molar-refractivity contribution >= 4 is 17.3 Å². The SMILES string of the molecule is CC(=O)C(=O)[C@@]1(O)CC[C@H]2[C@@H]3CCC4=CC(=O)CC[C@]4(C)[C@H]3CC[C@@]21C. The van der Waals surface area contributed by atoms with Crippen molar-refractivity contribution in [3.8, 4) is 0 Å². The predicted molar refractivity (Wildman–Crippen MR) is 97.3 cm³/mol. The van der Waals surface area contributed by atoms with Crippen LogP contribution in [0.1, 0.15) is 72.1 Å². The number of hydrogen-bond donors (Lipinski definition) is 1. The topological polar surface area (TPSA) is 71.4 Å². The lowest BCUT2D eigenvalue weighted by atomic mass is 9.46. The van der Waals surface area contributed by atoms with Crippen LogP contribution in [0.2, 0.25) is 0 Å². The molecule has 0 aromatic rings. The first-order chi connectivity index (χ1) is 12.1. The van der Waals surface area contributed by atoms with Crippen LogP contribution in [0.4, 0.5) is 0 Å². The van der Waals surface area contributed by atoms with Gasteiger partial charge in [-0.2, -0.15) is 0 Å². The third-order valence-electron chi connectivity index (χ3n) is 8.81.